The molecule has 0 heterocycles. The molecule has 0 unspecified atom stereocenters. The molecule has 1 aliphatic rings. The molecule has 2 heteroatoms. The van der Waals surface area contributed by atoms with Gasteiger partial charge in [0, 0.05) is 0 Å². The van der Waals surface area contributed by atoms with E-state index >= 15 is 0 Å². The highest BCUT2D eigenvalue weighted by molar-refractivity contribution is 5.36. The van der Waals surface area contributed by atoms with Crippen molar-refractivity contribution >= 4 is 6.08 Å². The molecule has 1 saturated carbocycles. The molecule has 1 rings (SSSR count). The number of aliphatic imine (C=N–C) groups is 1. The Bertz CT molecular complexity index is 223. The molecule has 1 fully saturated rings. The molecule has 0 radical (unpaired) electrons. The Kier molecular flexibility index (Phi) is 2.63. The standard InChI is InChI=1S/C11H19NO/c1-9(2)5-11(12-8-13)6-10(3,4)7-11/h9H,5-7H2,1-4H3. The van der Waals surface area contributed by atoms with Gasteiger partial charge in [0.1, 0.15) is 0 Å². The molecule has 0 aromatic carbocycles. The van der Waals surface area contributed by atoms with E-state index in [1.54, 1.807) is 6.08 Å². The summed E-state index contributed by atoms with van der Waals surface area (Å²) in [7, 11) is 0. The lowest BCUT2D eigenvalue weighted by atomic mass is 9.57. The lowest BCUT2D eigenvalue weighted by Gasteiger charge is -2.50. The van der Waals surface area contributed by atoms with Crippen molar-refractivity contribution < 1.29 is 4.79 Å². The minimum atomic E-state index is -0.0700. The molecule has 0 atom stereocenters. The Hall–Kier alpha value is -0.620. The van der Waals surface area contributed by atoms with E-state index in [0.29, 0.717) is 11.3 Å². The summed E-state index contributed by atoms with van der Waals surface area (Å²) < 4.78 is 0. The van der Waals surface area contributed by atoms with Crippen LogP contribution in [0, 0.1) is 11.3 Å². The van der Waals surface area contributed by atoms with Gasteiger partial charge in [-0.25, -0.2) is 4.79 Å². The molecule has 2 nitrogen and oxygen atoms in total. The number of carbonyl (C=O) groups excluding carboxylic acids is 1. The first-order chi connectivity index (χ1) is 5.89. The molecule has 0 spiro atoms. The molecule has 0 aliphatic heterocycles. The van der Waals surface area contributed by atoms with Crippen LogP contribution in [-0.4, -0.2) is 11.6 Å². The zero-order valence-electron chi connectivity index (χ0n) is 9.05. The third-order valence-electron chi connectivity index (χ3n) is 2.69. The molecule has 0 saturated heterocycles. The SMILES string of the molecule is CC(C)CC1(N=C=O)CC(C)(C)C1. The second-order valence-electron chi connectivity index (χ2n) is 5.54. The predicted molar refractivity (Wildman–Crippen MR) is 53.3 cm³/mol. The van der Waals surface area contributed by atoms with Crippen LogP contribution in [0.1, 0.15) is 47.0 Å². The lowest BCUT2D eigenvalue weighted by molar-refractivity contribution is 0.0494. The van der Waals surface area contributed by atoms with Crippen molar-refractivity contribution in [3.63, 3.8) is 0 Å². The molecule has 13 heavy (non-hydrogen) atoms. The minimum Gasteiger partial charge on any atom is -0.211 e. The Morgan fingerprint density at radius 3 is 2.23 bits per heavy atom. The number of rotatable bonds is 3. The predicted octanol–water partition coefficient (Wildman–Crippen LogP) is 2.93. The van der Waals surface area contributed by atoms with Crippen molar-refractivity contribution in [1.29, 1.82) is 0 Å². The second kappa shape index (κ2) is 3.26. The van der Waals surface area contributed by atoms with Gasteiger partial charge in [-0.1, -0.05) is 27.7 Å². The van der Waals surface area contributed by atoms with Gasteiger partial charge < -0.3 is 0 Å². The normalized spacial score (nSPS) is 23.5. The summed E-state index contributed by atoms with van der Waals surface area (Å²) in [5, 5.41) is 0. The van der Waals surface area contributed by atoms with Crippen LogP contribution in [0.15, 0.2) is 4.99 Å². The van der Waals surface area contributed by atoms with Gasteiger partial charge in [0.05, 0.1) is 5.54 Å². The molecule has 0 bridgehead atoms. The van der Waals surface area contributed by atoms with Gasteiger partial charge in [-0.3, -0.25) is 0 Å². The van der Waals surface area contributed by atoms with Gasteiger partial charge in [-0.2, -0.15) is 4.99 Å². The first-order valence-electron chi connectivity index (χ1n) is 4.98. The summed E-state index contributed by atoms with van der Waals surface area (Å²) in [6.07, 6.45) is 4.82. The van der Waals surface area contributed by atoms with Crippen molar-refractivity contribution in [2.24, 2.45) is 16.3 Å². The van der Waals surface area contributed by atoms with Gasteiger partial charge >= 0.3 is 0 Å². The Labute approximate surface area is 80.4 Å². The maximum Gasteiger partial charge on any atom is 0.235 e. The van der Waals surface area contributed by atoms with Crippen molar-refractivity contribution in [2.75, 3.05) is 0 Å². The smallest absolute Gasteiger partial charge is 0.211 e. The molecule has 0 aromatic heterocycles. The van der Waals surface area contributed by atoms with Gasteiger partial charge in [-0.15, -0.1) is 0 Å². The van der Waals surface area contributed by atoms with Crippen LogP contribution in [0.5, 0.6) is 0 Å². The largest absolute Gasteiger partial charge is 0.235 e. The van der Waals surface area contributed by atoms with Crippen molar-refractivity contribution in [3.8, 4) is 0 Å². The summed E-state index contributed by atoms with van der Waals surface area (Å²) in [6.45, 7) is 8.80. The molecule has 0 amide bonds. The fraction of sp³-hybridized carbons (Fsp3) is 0.909. The molecule has 0 N–H and O–H groups in total. The zero-order valence-corrected chi connectivity index (χ0v) is 9.05. The van der Waals surface area contributed by atoms with E-state index in [-0.39, 0.29) is 5.54 Å². The van der Waals surface area contributed by atoms with Gasteiger partial charge in [-0.05, 0) is 30.6 Å². The monoisotopic (exact) mass is 181 g/mol. The summed E-state index contributed by atoms with van der Waals surface area (Å²) in [5.41, 5.74) is 0.300. The Morgan fingerprint density at radius 2 is 1.92 bits per heavy atom. The quantitative estimate of drug-likeness (QED) is 0.486. The molecule has 0 aromatic rings. The van der Waals surface area contributed by atoms with Crippen molar-refractivity contribution in [1.82, 2.24) is 0 Å². The lowest BCUT2D eigenvalue weighted by Crippen LogP contribution is -2.48. The van der Waals surface area contributed by atoms with Crippen LogP contribution in [0.25, 0.3) is 0 Å². The van der Waals surface area contributed by atoms with E-state index < -0.39 is 0 Å². The van der Waals surface area contributed by atoms with E-state index in [0.717, 1.165) is 19.3 Å². The average molecular weight is 181 g/mol. The highest BCUT2D eigenvalue weighted by Crippen LogP contribution is 2.52. The van der Waals surface area contributed by atoms with Crippen LogP contribution in [0.3, 0.4) is 0 Å². The fourth-order valence-corrected chi connectivity index (χ4v) is 2.86. The molecule has 1 aliphatic carbocycles. The summed E-state index contributed by atoms with van der Waals surface area (Å²) in [6, 6.07) is 0. The van der Waals surface area contributed by atoms with Crippen molar-refractivity contribution in [2.45, 2.75) is 52.5 Å². The molecule has 74 valence electrons. The maximum atomic E-state index is 10.3. The van der Waals surface area contributed by atoms with Gasteiger partial charge in [0.2, 0.25) is 6.08 Å². The van der Waals surface area contributed by atoms with Crippen LogP contribution in [-0.2, 0) is 4.79 Å². The minimum absolute atomic E-state index is 0.0700. The van der Waals surface area contributed by atoms with E-state index in [2.05, 4.69) is 32.7 Å². The van der Waals surface area contributed by atoms with Crippen LogP contribution < -0.4 is 0 Å². The highest BCUT2D eigenvalue weighted by atomic mass is 16.1. The van der Waals surface area contributed by atoms with E-state index in [1.807, 2.05) is 0 Å². The maximum absolute atomic E-state index is 10.3. The summed E-state index contributed by atoms with van der Waals surface area (Å²) in [5.74, 6) is 0.605. The van der Waals surface area contributed by atoms with Crippen LogP contribution >= 0.6 is 0 Å². The Balaban J connectivity index is 2.65. The fourth-order valence-electron chi connectivity index (χ4n) is 2.86. The van der Waals surface area contributed by atoms with Gasteiger partial charge in [0.25, 0.3) is 0 Å². The molecular formula is C11H19NO. The van der Waals surface area contributed by atoms with E-state index in [4.69, 9.17) is 0 Å². The van der Waals surface area contributed by atoms with E-state index in [1.165, 1.54) is 0 Å². The zero-order chi connectivity index (χ0) is 10.1. The van der Waals surface area contributed by atoms with Crippen molar-refractivity contribution in [3.05, 3.63) is 0 Å². The number of hydrogen-bond donors (Lipinski definition) is 0. The van der Waals surface area contributed by atoms with Crippen LogP contribution in [0.4, 0.5) is 0 Å². The number of isocyanates is 1. The third kappa shape index (κ3) is 2.41. The first kappa shape index (κ1) is 10.5. The number of nitrogens with zero attached hydrogens (tertiary/aromatic N) is 1. The summed E-state index contributed by atoms with van der Waals surface area (Å²) in [4.78, 5) is 14.3. The second-order valence-corrected chi connectivity index (χ2v) is 5.54. The third-order valence-corrected chi connectivity index (χ3v) is 2.69. The molecular weight excluding hydrogens is 162 g/mol. The Morgan fingerprint density at radius 1 is 1.38 bits per heavy atom. The van der Waals surface area contributed by atoms with E-state index in [9.17, 15) is 4.79 Å². The first-order valence-corrected chi connectivity index (χ1v) is 4.98. The number of hydrogen-bond acceptors (Lipinski definition) is 2. The van der Waals surface area contributed by atoms with Gasteiger partial charge in [0.15, 0.2) is 0 Å². The average Bonchev–Trinajstić information content (AvgIpc) is 1.80. The summed E-state index contributed by atoms with van der Waals surface area (Å²) >= 11 is 0. The topological polar surface area (TPSA) is 29.4 Å². The highest BCUT2D eigenvalue weighted by Gasteiger charge is 2.49. The van der Waals surface area contributed by atoms with Crippen LogP contribution in [0.2, 0.25) is 0 Å².